The number of rotatable bonds is 6. The van der Waals surface area contributed by atoms with Gasteiger partial charge in [-0.3, -0.25) is 0 Å². The van der Waals surface area contributed by atoms with Crippen molar-refractivity contribution in [1.29, 1.82) is 0 Å². The van der Waals surface area contributed by atoms with E-state index in [0.717, 1.165) is 88.5 Å². The van der Waals surface area contributed by atoms with Crippen LogP contribution >= 0.6 is 0 Å². The minimum atomic E-state index is 0.617. The lowest BCUT2D eigenvalue weighted by Gasteiger charge is -2.11. The highest BCUT2D eigenvalue weighted by Crippen LogP contribution is 2.35. The summed E-state index contributed by atoms with van der Waals surface area (Å²) in [5, 5.41) is 2.11. The summed E-state index contributed by atoms with van der Waals surface area (Å²) in [7, 11) is 0. The van der Waals surface area contributed by atoms with Crippen molar-refractivity contribution in [3.63, 3.8) is 0 Å². The summed E-state index contributed by atoms with van der Waals surface area (Å²) in [6.45, 7) is 0. The summed E-state index contributed by atoms with van der Waals surface area (Å²) in [5.41, 5.74) is 14.3. The Balaban J connectivity index is 0.944. The van der Waals surface area contributed by atoms with E-state index >= 15 is 0 Å². The van der Waals surface area contributed by atoms with Crippen molar-refractivity contribution in [3.05, 3.63) is 188 Å². The minimum Gasteiger partial charge on any atom is -0.456 e. The van der Waals surface area contributed by atoms with Crippen LogP contribution in [0.15, 0.2) is 192 Å². The maximum absolute atomic E-state index is 6.13. The Hall–Kier alpha value is -7.83. The van der Waals surface area contributed by atoms with Gasteiger partial charge in [-0.25, -0.2) is 24.9 Å². The Morgan fingerprint density at radius 2 is 0.807 bits per heavy atom. The molecule has 0 unspecified atom stereocenters. The van der Waals surface area contributed by atoms with Crippen LogP contribution in [0.3, 0.4) is 0 Å². The molecule has 8 aromatic carbocycles. The first-order valence-corrected chi connectivity index (χ1v) is 18.9. The van der Waals surface area contributed by atoms with Gasteiger partial charge in [0.25, 0.3) is 0 Å². The van der Waals surface area contributed by atoms with Crippen LogP contribution in [0.1, 0.15) is 0 Å². The first-order chi connectivity index (χ1) is 28.2. The molecule has 0 amide bonds. The molecule has 0 bridgehead atoms. The summed E-state index contributed by atoms with van der Waals surface area (Å²) >= 11 is 0. The summed E-state index contributed by atoms with van der Waals surface area (Å²) in [6, 6.07) is 64.2. The van der Waals surface area contributed by atoms with Crippen LogP contribution in [0, 0.1) is 0 Å². The monoisotopic (exact) mass is 729 g/mol. The van der Waals surface area contributed by atoms with Crippen LogP contribution < -0.4 is 0 Å². The minimum absolute atomic E-state index is 0.617. The number of hydrogen-bond donors (Lipinski definition) is 0. The molecular weight excluding hydrogens is 699 g/mol. The smallest absolute Gasteiger partial charge is 0.164 e. The van der Waals surface area contributed by atoms with Gasteiger partial charge in [0, 0.05) is 39.1 Å². The number of hydrogen-bond acceptors (Lipinski definition) is 6. The molecule has 0 radical (unpaired) electrons. The first-order valence-electron chi connectivity index (χ1n) is 18.9. The van der Waals surface area contributed by atoms with Gasteiger partial charge in [-0.2, -0.15) is 0 Å². The van der Waals surface area contributed by atoms with Crippen molar-refractivity contribution in [1.82, 2.24) is 24.9 Å². The Morgan fingerprint density at radius 1 is 0.281 bits per heavy atom. The van der Waals surface area contributed by atoms with E-state index in [9.17, 15) is 0 Å². The second kappa shape index (κ2) is 13.5. The maximum atomic E-state index is 6.13. The number of furan rings is 1. The predicted octanol–water partition coefficient (Wildman–Crippen LogP) is 12.9. The molecule has 266 valence electrons. The van der Waals surface area contributed by atoms with Gasteiger partial charge in [0.15, 0.2) is 17.5 Å². The van der Waals surface area contributed by atoms with E-state index < -0.39 is 0 Å². The first kappa shape index (κ1) is 32.6. The lowest BCUT2D eigenvalue weighted by Crippen LogP contribution is -2.00. The van der Waals surface area contributed by atoms with Crippen molar-refractivity contribution >= 4 is 44.0 Å². The van der Waals surface area contributed by atoms with Gasteiger partial charge < -0.3 is 4.42 Å². The molecule has 0 aliphatic heterocycles. The van der Waals surface area contributed by atoms with E-state index in [1.807, 2.05) is 72.8 Å². The summed E-state index contributed by atoms with van der Waals surface area (Å²) in [6.07, 6.45) is 0. The highest BCUT2D eigenvalue weighted by Gasteiger charge is 2.15. The van der Waals surface area contributed by atoms with Crippen LogP contribution in [0.25, 0.3) is 112 Å². The molecule has 0 aliphatic carbocycles. The van der Waals surface area contributed by atoms with Crippen LogP contribution in [0.5, 0.6) is 0 Å². The number of para-hydroxylation sites is 2. The molecule has 0 atom stereocenters. The molecule has 0 aliphatic rings. The molecule has 11 rings (SSSR count). The fraction of sp³-hybridized carbons (Fsp3) is 0. The van der Waals surface area contributed by atoms with Crippen molar-refractivity contribution in [2.45, 2.75) is 0 Å². The number of nitrogens with zero attached hydrogens (tertiary/aromatic N) is 5. The molecule has 6 nitrogen and oxygen atoms in total. The van der Waals surface area contributed by atoms with Gasteiger partial charge in [-0.1, -0.05) is 158 Å². The van der Waals surface area contributed by atoms with Crippen molar-refractivity contribution in [2.24, 2.45) is 0 Å². The predicted molar refractivity (Wildman–Crippen MR) is 230 cm³/mol. The van der Waals surface area contributed by atoms with E-state index in [4.69, 9.17) is 29.3 Å². The normalized spacial score (nSPS) is 11.5. The molecule has 0 spiro atoms. The Labute approximate surface area is 327 Å². The summed E-state index contributed by atoms with van der Waals surface area (Å²) < 4.78 is 6.13. The molecule has 6 heteroatoms. The highest BCUT2D eigenvalue weighted by atomic mass is 16.3. The zero-order chi connectivity index (χ0) is 37.7. The quantitative estimate of drug-likeness (QED) is 0.159. The molecular formula is C51H31N5O. The van der Waals surface area contributed by atoms with Crippen LogP contribution in [-0.4, -0.2) is 24.9 Å². The molecule has 3 heterocycles. The lowest BCUT2D eigenvalue weighted by molar-refractivity contribution is 0.669. The molecule has 0 N–H and O–H groups in total. The van der Waals surface area contributed by atoms with Gasteiger partial charge in [-0.15, -0.1) is 0 Å². The van der Waals surface area contributed by atoms with Gasteiger partial charge in [0.2, 0.25) is 0 Å². The van der Waals surface area contributed by atoms with Crippen LogP contribution in [0.2, 0.25) is 0 Å². The molecule has 0 saturated carbocycles. The number of aromatic nitrogens is 5. The Bertz CT molecular complexity index is 3270. The standard InChI is InChI=1S/C51H31N5O/c1-3-11-32(12-4-1)33-23-27-37(28-24-33)50-54-49(36-13-5-2-6-14-36)55-51(56-50)39-16-9-15-38(29-39)34-21-25-35(26-22-34)40-18-10-19-43-48(40)53-44-30-42-41-17-7-8-20-46(41)57-47(42)31-45(44)52-43/h1-31H. The SMILES string of the molecule is c1ccc(-c2ccc(-c3nc(-c4ccccc4)nc(-c4cccc(-c5ccc(-c6cccc7nc8cc9oc%10ccccc%10c9cc8nc67)cc5)c4)n3)cc2)cc1. The van der Waals surface area contributed by atoms with Crippen molar-refractivity contribution < 1.29 is 4.42 Å². The molecule has 0 saturated heterocycles. The molecule has 57 heavy (non-hydrogen) atoms. The number of benzene rings is 8. The van der Waals surface area contributed by atoms with E-state index in [1.165, 1.54) is 5.56 Å². The van der Waals surface area contributed by atoms with Crippen LogP contribution in [0.4, 0.5) is 0 Å². The molecule has 0 fully saturated rings. The Kier molecular flexibility index (Phi) is 7.71. The third-order valence-corrected chi connectivity index (χ3v) is 10.5. The summed E-state index contributed by atoms with van der Waals surface area (Å²) in [4.78, 5) is 25.2. The van der Waals surface area contributed by atoms with E-state index in [-0.39, 0.29) is 0 Å². The second-order valence-corrected chi connectivity index (χ2v) is 14.1. The topological polar surface area (TPSA) is 77.6 Å². The summed E-state index contributed by atoms with van der Waals surface area (Å²) in [5.74, 6) is 1.87. The average molecular weight is 730 g/mol. The zero-order valence-electron chi connectivity index (χ0n) is 30.5. The number of fused-ring (bicyclic) bond motifs is 5. The van der Waals surface area contributed by atoms with Crippen molar-refractivity contribution in [3.8, 4) is 67.5 Å². The average Bonchev–Trinajstić information content (AvgIpc) is 3.65. The van der Waals surface area contributed by atoms with E-state index in [2.05, 4.69) is 115 Å². The zero-order valence-corrected chi connectivity index (χ0v) is 30.5. The molecule has 11 aromatic rings. The van der Waals surface area contributed by atoms with Gasteiger partial charge >= 0.3 is 0 Å². The second-order valence-electron chi connectivity index (χ2n) is 14.1. The Morgan fingerprint density at radius 3 is 1.56 bits per heavy atom. The fourth-order valence-electron chi connectivity index (χ4n) is 7.62. The fourth-order valence-corrected chi connectivity index (χ4v) is 7.62. The van der Waals surface area contributed by atoms with E-state index in [0.29, 0.717) is 17.5 Å². The third kappa shape index (κ3) is 5.97. The lowest BCUT2D eigenvalue weighted by atomic mass is 9.98. The van der Waals surface area contributed by atoms with Crippen molar-refractivity contribution in [2.75, 3.05) is 0 Å². The maximum Gasteiger partial charge on any atom is 0.164 e. The van der Waals surface area contributed by atoms with E-state index in [1.54, 1.807) is 0 Å². The van der Waals surface area contributed by atoms with Gasteiger partial charge in [0.05, 0.1) is 22.1 Å². The van der Waals surface area contributed by atoms with Crippen LogP contribution in [-0.2, 0) is 0 Å². The van der Waals surface area contributed by atoms with Gasteiger partial charge in [0.1, 0.15) is 11.2 Å². The largest absolute Gasteiger partial charge is 0.456 e. The third-order valence-electron chi connectivity index (χ3n) is 10.5. The highest BCUT2D eigenvalue weighted by molar-refractivity contribution is 6.10. The molecule has 3 aromatic heterocycles. The van der Waals surface area contributed by atoms with Gasteiger partial charge in [-0.05, 0) is 52.1 Å².